The molecule has 0 spiro atoms. The number of benzene rings is 6. The third kappa shape index (κ3) is 3.70. The standard InChI is InChI=1S/C38H25N3O/c42-38-35-32(25-16-6-2-7-17-25)28-21-11-10-20-27(28)31(24-14-4-1-5-15-24)34(35)33-29-22-12-13-23-30(29)39-36(33)37(38)41-40-26-18-8-3-9-19-26/h1-23,39-40H/b41-37+. The van der Waals surface area contributed by atoms with E-state index in [-0.39, 0.29) is 5.78 Å². The van der Waals surface area contributed by atoms with Crippen LogP contribution in [0.1, 0.15) is 16.1 Å². The number of ketones is 1. The van der Waals surface area contributed by atoms with E-state index in [1.807, 2.05) is 72.8 Å². The predicted octanol–water partition coefficient (Wildman–Crippen LogP) is 9.33. The fourth-order valence-electron chi connectivity index (χ4n) is 6.28. The highest BCUT2D eigenvalue weighted by atomic mass is 16.1. The van der Waals surface area contributed by atoms with Gasteiger partial charge >= 0.3 is 0 Å². The molecule has 1 heterocycles. The molecule has 0 saturated heterocycles. The number of hydrazone groups is 1. The average Bonchev–Trinajstić information content (AvgIpc) is 3.44. The van der Waals surface area contributed by atoms with Gasteiger partial charge in [-0.25, -0.2) is 0 Å². The summed E-state index contributed by atoms with van der Waals surface area (Å²) in [5.41, 5.74) is 12.7. The van der Waals surface area contributed by atoms with Crippen molar-refractivity contribution in [2.45, 2.75) is 0 Å². The Kier molecular flexibility index (Phi) is 5.57. The molecule has 1 aromatic heterocycles. The van der Waals surface area contributed by atoms with Crippen LogP contribution in [0.15, 0.2) is 145 Å². The lowest BCUT2D eigenvalue weighted by molar-refractivity contribution is 0.106. The van der Waals surface area contributed by atoms with Crippen LogP contribution < -0.4 is 5.43 Å². The molecule has 2 N–H and O–H groups in total. The number of rotatable bonds is 4. The molecule has 4 nitrogen and oxygen atoms in total. The number of aromatic amines is 1. The topological polar surface area (TPSA) is 57.2 Å². The van der Waals surface area contributed by atoms with E-state index >= 15 is 0 Å². The maximum absolute atomic E-state index is 14.9. The first kappa shape index (κ1) is 24.1. The number of fused-ring (bicyclic) bond motifs is 6. The van der Waals surface area contributed by atoms with E-state index in [4.69, 9.17) is 5.10 Å². The quantitative estimate of drug-likeness (QED) is 0.219. The summed E-state index contributed by atoms with van der Waals surface area (Å²) in [4.78, 5) is 18.5. The molecule has 0 amide bonds. The van der Waals surface area contributed by atoms with Gasteiger partial charge in [0.1, 0.15) is 0 Å². The summed E-state index contributed by atoms with van der Waals surface area (Å²) in [6, 6.07) is 47.0. The Morgan fingerprint density at radius 1 is 0.476 bits per heavy atom. The Balaban J connectivity index is 1.56. The molecule has 1 aliphatic rings. The van der Waals surface area contributed by atoms with Crippen molar-refractivity contribution in [3.8, 4) is 33.4 Å². The molecule has 8 rings (SSSR count). The number of carbonyl (C=O) groups is 1. The first-order chi connectivity index (χ1) is 20.8. The van der Waals surface area contributed by atoms with Crippen LogP contribution in [0, 0.1) is 0 Å². The van der Waals surface area contributed by atoms with Crippen LogP contribution in [0.5, 0.6) is 0 Å². The number of aromatic nitrogens is 1. The van der Waals surface area contributed by atoms with Gasteiger partial charge in [0.05, 0.1) is 11.4 Å². The summed E-state index contributed by atoms with van der Waals surface area (Å²) in [6.07, 6.45) is 0. The molecule has 0 unspecified atom stereocenters. The molecule has 0 fully saturated rings. The van der Waals surface area contributed by atoms with Crippen molar-refractivity contribution in [2.24, 2.45) is 5.10 Å². The molecule has 0 aliphatic heterocycles. The molecule has 0 radical (unpaired) electrons. The molecular formula is C38H25N3O. The maximum Gasteiger partial charge on any atom is 0.216 e. The van der Waals surface area contributed by atoms with Crippen LogP contribution >= 0.6 is 0 Å². The van der Waals surface area contributed by atoms with E-state index in [0.29, 0.717) is 11.3 Å². The highest BCUT2D eigenvalue weighted by Gasteiger charge is 2.37. The van der Waals surface area contributed by atoms with Crippen LogP contribution in [0.4, 0.5) is 5.69 Å². The second-order valence-electron chi connectivity index (χ2n) is 10.5. The van der Waals surface area contributed by atoms with Crippen molar-refractivity contribution in [2.75, 3.05) is 5.43 Å². The van der Waals surface area contributed by atoms with Crippen LogP contribution in [0.3, 0.4) is 0 Å². The Hall–Kier alpha value is -5.74. The molecule has 4 heteroatoms. The minimum absolute atomic E-state index is 0.116. The van der Waals surface area contributed by atoms with Crippen LogP contribution in [-0.4, -0.2) is 16.5 Å². The third-order valence-electron chi connectivity index (χ3n) is 8.05. The fraction of sp³-hybridized carbons (Fsp3) is 0. The number of para-hydroxylation sites is 2. The van der Waals surface area contributed by atoms with Gasteiger partial charge in [-0.2, -0.15) is 5.10 Å². The number of nitrogens with one attached hydrogen (secondary N) is 2. The first-order valence-electron chi connectivity index (χ1n) is 14.0. The third-order valence-corrected chi connectivity index (χ3v) is 8.05. The van der Waals surface area contributed by atoms with Crippen molar-refractivity contribution >= 4 is 38.9 Å². The number of hydrogen-bond donors (Lipinski definition) is 2. The zero-order valence-electron chi connectivity index (χ0n) is 22.6. The summed E-state index contributed by atoms with van der Waals surface area (Å²) in [6.45, 7) is 0. The molecular weight excluding hydrogens is 514 g/mol. The smallest absolute Gasteiger partial charge is 0.216 e. The monoisotopic (exact) mass is 539 g/mol. The summed E-state index contributed by atoms with van der Waals surface area (Å²) >= 11 is 0. The van der Waals surface area contributed by atoms with Crippen molar-refractivity contribution in [3.63, 3.8) is 0 Å². The summed E-state index contributed by atoms with van der Waals surface area (Å²) in [5.74, 6) is -0.116. The number of H-pyrrole nitrogens is 1. The predicted molar refractivity (Wildman–Crippen MR) is 173 cm³/mol. The largest absolute Gasteiger partial charge is 0.353 e. The fourth-order valence-corrected chi connectivity index (χ4v) is 6.28. The average molecular weight is 540 g/mol. The van der Waals surface area contributed by atoms with Gasteiger partial charge in [0.2, 0.25) is 5.78 Å². The SMILES string of the molecule is O=C1/C(=N/Nc2ccccc2)c2[nH]c3ccccc3c2-c2c1c(-c1ccccc1)c1ccccc1c2-c1ccccc1. The lowest BCUT2D eigenvalue weighted by Gasteiger charge is -2.26. The lowest BCUT2D eigenvalue weighted by Crippen LogP contribution is -2.25. The highest BCUT2D eigenvalue weighted by Crippen LogP contribution is 2.51. The molecule has 6 aromatic carbocycles. The number of anilines is 1. The summed E-state index contributed by atoms with van der Waals surface area (Å²) in [7, 11) is 0. The van der Waals surface area contributed by atoms with Gasteiger partial charge in [0.25, 0.3) is 0 Å². The second kappa shape index (κ2) is 9.72. The number of hydrogen-bond acceptors (Lipinski definition) is 3. The zero-order chi connectivity index (χ0) is 28.0. The molecule has 7 aromatic rings. The lowest BCUT2D eigenvalue weighted by atomic mass is 9.75. The number of nitrogens with zero attached hydrogens (tertiary/aromatic N) is 1. The van der Waals surface area contributed by atoms with Crippen molar-refractivity contribution in [1.29, 1.82) is 0 Å². The molecule has 0 bridgehead atoms. The van der Waals surface area contributed by atoms with E-state index in [0.717, 1.165) is 66.4 Å². The van der Waals surface area contributed by atoms with E-state index in [2.05, 4.69) is 77.1 Å². The minimum Gasteiger partial charge on any atom is -0.353 e. The maximum atomic E-state index is 14.9. The van der Waals surface area contributed by atoms with Gasteiger partial charge in [-0.15, -0.1) is 0 Å². The van der Waals surface area contributed by atoms with E-state index in [9.17, 15) is 4.79 Å². The summed E-state index contributed by atoms with van der Waals surface area (Å²) < 4.78 is 0. The molecule has 0 atom stereocenters. The summed E-state index contributed by atoms with van der Waals surface area (Å²) in [5, 5.41) is 7.97. The van der Waals surface area contributed by atoms with Crippen molar-refractivity contribution in [3.05, 3.63) is 151 Å². The van der Waals surface area contributed by atoms with E-state index in [1.54, 1.807) is 0 Å². The van der Waals surface area contributed by atoms with Crippen molar-refractivity contribution in [1.82, 2.24) is 4.98 Å². The van der Waals surface area contributed by atoms with Gasteiger partial charge in [0, 0.05) is 33.2 Å². The first-order valence-corrected chi connectivity index (χ1v) is 14.0. The normalized spacial score (nSPS) is 13.3. The minimum atomic E-state index is -0.116. The highest BCUT2D eigenvalue weighted by molar-refractivity contribution is 6.57. The van der Waals surface area contributed by atoms with Crippen LogP contribution in [-0.2, 0) is 0 Å². The Morgan fingerprint density at radius 3 is 1.60 bits per heavy atom. The molecule has 0 saturated carbocycles. The number of Topliss-reactive ketones (excluding diaryl/α,β-unsaturated/α-hetero) is 1. The van der Waals surface area contributed by atoms with Gasteiger partial charge in [-0.05, 0) is 45.7 Å². The second-order valence-corrected chi connectivity index (χ2v) is 10.5. The van der Waals surface area contributed by atoms with E-state index in [1.165, 1.54) is 0 Å². The van der Waals surface area contributed by atoms with Crippen molar-refractivity contribution < 1.29 is 4.79 Å². The van der Waals surface area contributed by atoms with Crippen LogP contribution in [0.2, 0.25) is 0 Å². The molecule has 198 valence electrons. The number of carbonyl (C=O) groups excluding carboxylic acids is 1. The Labute approximate surface area is 243 Å². The van der Waals surface area contributed by atoms with E-state index < -0.39 is 0 Å². The van der Waals surface area contributed by atoms with Gasteiger partial charge in [0.15, 0.2) is 5.71 Å². The van der Waals surface area contributed by atoms with Gasteiger partial charge in [-0.3, -0.25) is 10.2 Å². The molecule has 42 heavy (non-hydrogen) atoms. The van der Waals surface area contributed by atoms with Gasteiger partial charge in [-0.1, -0.05) is 121 Å². The van der Waals surface area contributed by atoms with Crippen LogP contribution in [0.25, 0.3) is 55.1 Å². The van der Waals surface area contributed by atoms with Gasteiger partial charge < -0.3 is 4.98 Å². The zero-order valence-corrected chi connectivity index (χ0v) is 22.6. The Bertz CT molecular complexity index is 2160. The molecule has 1 aliphatic carbocycles. The Morgan fingerprint density at radius 2 is 0.976 bits per heavy atom.